The van der Waals surface area contributed by atoms with E-state index in [1.807, 2.05) is 0 Å². The third-order valence-electron chi connectivity index (χ3n) is 1.65. The first-order chi connectivity index (χ1) is 3.93. The summed E-state index contributed by atoms with van der Waals surface area (Å²) >= 11 is 0. The Balaban J connectivity index is 0.000000640. The molecule has 1 N–H and O–H groups in total. The molecular formula is C6H14ClNO. The van der Waals surface area contributed by atoms with E-state index in [1.165, 1.54) is 19.3 Å². The smallest absolute Gasteiger partial charge is 0.0956 e. The number of aliphatic hydroxyl groups excluding tert-OH is 1. The van der Waals surface area contributed by atoms with E-state index >= 15 is 0 Å². The van der Waals surface area contributed by atoms with E-state index in [9.17, 15) is 0 Å². The van der Waals surface area contributed by atoms with Gasteiger partial charge in [-0.3, -0.25) is 4.90 Å². The van der Waals surface area contributed by atoms with Crippen molar-refractivity contribution in [3.8, 4) is 0 Å². The number of piperidine rings is 1. The Morgan fingerprint density at radius 1 is 1.11 bits per heavy atom. The first-order valence-corrected chi connectivity index (χ1v) is 3.26. The molecular weight excluding hydrogens is 138 g/mol. The summed E-state index contributed by atoms with van der Waals surface area (Å²) in [4.78, 5) is 2.07. The summed E-state index contributed by atoms with van der Waals surface area (Å²) in [6, 6.07) is 0. The van der Waals surface area contributed by atoms with Crippen LogP contribution in [0.5, 0.6) is 0 Å². The molecule has 0 unspecified atom stereocenters. The molecule has 0 bridgehead atoms. The van der Waals surface area contributed by atoms with Crippen LogP contribution in [0.4, 0.5) is 0 Å². The molecule has 1 heterocycles. The SMILES string of the molecule is Cl.OCN1CCCCC1. The predicted octanol–water partition coefficient (Wildman–Crippen LogP) is 0.844. The fourth-order valence-corrected chi connectivity index (χ4v) is 1.10. The molecule has 0 aromatic heterocycles. The molecule has 1 aliphatic rings. The van der Waals surface area contributed by atoms with Gasteiger partial charge in [0.25, 0.3) is 0 Å². The van der Waals surface area contributed by atoms with Crippen LogP contribution in [0.15, 0.2) is 0 Å². The molecule has 0 aromatic rings. The molecule has 9 heavy (non-hydrogen) atoms. The van der Waals surface area contributed by atoms with Crippen molar-refractivity contribution in [3.05, 3.63) is 0 Å². The molecule has 56 valence electrons. The minimum atomic E-state index is 0. The molecule has 0 radical (unpaired) electrons. The predicted molar refractivity (Wildman–Crippen MR) is 39.8 cm³/mol. The van der Waals surface area contributed by atoms with Crippen LogP contribution >= 0.6 is 12.4 Å². The molecule has 3 heteroatoms. The highest BCUT2D eigenvalue weighted by Crippen LogP contribution is 2.06. The van der Waals surface area contributed by atoms with Crippen LogP contribution in [0.2, 0.25) is 0 Å². The Morgan fingerprint density at radius 2 is 1.67 bits per heavy atom. The van der Waals surface area contributed by atoms with Crippen molar-refractivity contribution in [1.29, 1.82) is 0 Å². The topological polar surface area (TPSA) is 23.5 Å². The Kier molecular flexibility index (Phi) is 5.15. The molecule has 1 rings (SSSR count). The largest absolute Gasteiger partial charge is 0.381 e. The van der Waals surface area contributed by atoms with E-state index in [2.05, 4.69) is 4.90 Å². The second-order valence-corrected chi connectivity index (χ2v) is 2.32. The molecule has 0 saturated carbocycles. The van der Waals surface area contributed by atoms with Gasteiger partial charge >= 0.3 is 0 Å². The fourth-order valence-electron chi connectivity index (χ4n) is 1.10. The quantitative estimate of drug-likeness (QED) is 0.601. The van der Waals surface area contributed by atoms with E-state index < -0.39 is 0 Å². The highest BCUT2D eigenvalue weighted by Gasteiger charge is 2.06. The number of likely N-dealkylation sites (tertiary alicyclic amines) is 1. The molecule has 2 nitrogen and oxygen atoms in total. The summed E-state index contributed by atoms with van der Waals surface area (Å²) in [5.41, 5.74) is 0. The first-order valence-electron chi connectivity index (χ1n) is 3.26. The molecule has 1 aliphatic heterocycles. The van der Waals surface area contributed by atoms with E-state index in [0.29, 0.717) is 0 Å². The summed E-state index contributed by atoms with van der Waals surface area (Å²) in [5.74, 6) is 0. The standard InChI is InChI=1S/C6H13NO.ClH/c8-6-7-4-2-1-3-5-7;/h8H,1-6H2;1H. The maximum atomic E-state index is 8.62. The molecule has 0 spiro atoms. The van der Waals surface area contributed by atoms with E-state index in [4.69, 9.17) is 5.11 Å². The average molecular weight is 152 g/mol. The van der Waals surface area contributed by atoms with Gasteiger partial charge in [-0.15, -0.1) is 12.4 Å². The lowest BCUT2D eigenvalue weighted by Gasteiger charge is -2.23. The molecule has 1 saturated heterocycles. The lowest BCUT2D eigenvalue weighted by Crippen LogP contribution is -2.30. The second-order valence-electron chi connectivity index (χ2n) is 2.32. The third kappa shape index (κ3) is 3.04. The van der Waals surface area contributed by atoms with Crippen molar-refractivity contribution in [3.63, 3.8) is 0 Å². The van der Waals surface area contributed by atoms with Crippen LogP contribution in [0.25, 0.3) is 0 Å². The molecule has 0 aromatic carbocycles. The van der Waals surface area contributed by atoms with Crippen LogP contribution in [0, 0.1) is 0 Å². The van der Waals surface area contributed by atoms with Gasteiger partial charge in [0.15, 0.2) is 0 Å². The van der Waals surface area contributed by atoms with Crippen LogP contribution < -0.4 is 0 Å². The Morgan fingerprint density at radius 3 is 2.00 bits per heavy atom. The van der Waals surface area contributed by atoms with Gasteiger partial charge in [-0.05, 0) is 12.8 Å². The van der Waals surface area contributed by atoms with Gasteiger partial charge in [0.05, 0.1) is 6.73 Å². The van der Waals surface area contributed by atoms with Gasteiger partial charge in [-0.1, -0.05) is 6.42 Å². The number of hydrogen-bond donors (Lipinski definition) is 1. The van der Waals surface area contributed by atoms with Crippen LogP contribution in [-0.4, -0.2) is 29.8 Å². The van der Waals surface area contributed by atoms with Crippen molar-refractivity contribution >= 4 is 12.4 Å². The number of halogens is 1. The summed E-state index contributed by atoms with van der Waals surface area (Å²) in [6.45, 7) is 2.44. The Hall–Kier alpha value is 0.210. The van der Waals surface area contributed by atoms with Crippen molar-refractivity contribution in [1.82, 2.24) is 4.90 Å². The van der Waals surface area contributed by atoms with Gasteiger partial charge in [0.1, 0.15) is 0 Å². The van der Waals surface area contributed by atoms with E-state index in [1.54, 1.807) is 0 Å². The Bertz CT molecular complexity index is 64.1. The lowest BCUT2D eigenvalue weighted by molar-refractivity contribution is 0.0896. The summed E-state index contributed by atoms with van der Waals surface area (Å²) in [6.07, 6.45) is 3.87. The van der Waals surface area contributed by atoms with Gasteiger partial charge < -0.3 is 5.11 Å². The molecule has 0 atom stereocenters. The van der Waals surface area contributed by atoms with Crippen LogP contribution in [0.3, 0.4) is 0 Å². The number of hydrogen-bond acceptors (Lipinski definition) is 2. The third-order valence-corrected chi connectivity index (χ3v) is 1.65. The van der Waals surface area contributed by atoms with Crippen LogP contribution in [0.1, 0.15) is 19.3 Å². The maximum absolute atomic E-state index is 8.62. The number of nitrogens with zero attached hydrogens (tertiary/aromatic N) is 1. The van der Waals surface area contributed by atoms with Gasteiger partial charge in [-0.25, -0.2) is 0 Å². The van der Waals surface area contributed by atoms with E-state index in [-0.39, 0.29) is 19.1 Å². The molecule has 0 aliphatic carbocycles. The lowest BCUT2D eigenvalue weighted by atomic mass is 10.1. The zero-order valence-electron chi connectivity index (χ0n) is 5.55. The van der Waals surface area contributed by atoms with Crippen molar-refractivity contribution in [2.45, 2.75) is 19.3 Å². The summed E-state index contributed by atoms with van der Waals surface area (Å²) in [7, 11) is 0. The molecule has 0 amide bonds. The maximum Gasteiger partial charge on any atom is 0.0956 e. The van der Waals surface area contributed by atoms with E-state index in [0.717, 1.165) is 13.1 Å². The zero-order valence-corrected chi connectivity index (χ0v) is 6.36. The van der Waals surface area contributed by atoms with Crippen molar-refractivity contribution in [2.75, 3.05) is 19.8 Å². The highest BCUT2D eigenvalue weighted by molar-refractivity contribution is 5.85. The highest BCUT2D eigenvalue weighted by atomic mass is 35.5. The van der Waals surface area contributed by atoms with Gasteiger partial charge in [0.2, 0.25) is 0 Å². The van der Waals surface area contributed by atoms with Gasteiger partial charge in [-0.2, -0.15) is 0 Å². The number of rotatable bonds is 1. The summed E-state index contributed by atoms with van der Waals surface area (Å²) < 4.78 is 0. The first kappa shape index (κ1) is 9.21. The monoisotopic (exact) mass is 151 g/mol. The number of aliphatic hydroxyl groups is 1. The zero-order chi connectivity index (χ0) is 5.82. The average Bonchev–Trinajstić information content (AvgIpc) is 1.90. The van der Waals surface area contributed by atoms with Crippen molar-refractivity contribution < 1.29 is 5.11 Å². The van der Waals surface area contributed by atoms with Crippen molar-refractivity contribution in [2.24, 2.45) is 0 Å². The van der Waals surface area contributed by atoms with Crippen LogP contribution in [-0.2, 0) is 0 Å². The Labute approximate surface area is 62.3 Å². The fraction of sp³-hybridized carbons (Fsp3) is 1.00. The summed E-state index contributed by atoms with van der Waals surface area (Å²) in [5, 5.41) is 8.62. The van der Waals surface area contributed by atoms with Gasteiger partial charge in [0, 0.05) is 13.1 Å². The minimum absolute atomic E-state index is 0. The molecule has 1 fully saturated rings. The normalized spacial score (nSPS) is 21.0. The second kappa shape index (κ2) is 5.03. The minimum Gasteiger partial charge on any atom is -0.381 e.